The Hall–Kier alpha value is -2.56. The molecule has 0 bridgehead atoms. The maximum Gasteiger partial charge on any atom is 0.408 e. The molecule has 0 unspecified atom stereocenters. The van der Waals surface area contributed by atoms with Crippen LogP contribution in [0.15, 0.2) is 42.5 Å². The highest BCUT2D eigenvalue weighted by Crippen LogP contribution is 2.17. The van der Waals surface area contributed by atoms with Gasteiger partial charge in [-0.05, 0) is 43.5 Å². The largest absolute Gasteiger partial charge is 0.464 e. The standard InChI is InChI=1S/C20H25NO4/c1-14(22)24-13-18(21-19(23)25-20(2,3)4)12-15-9-10-16-7-5-6-8-17(16)11-15/h5-11,18H,12-13H2,1-4H3,(H,21,23)/t18-/m1/s1. The molecule has 1 amide bonds. The summed E-state index contributed by atoms with van der Waals surface area (Å²) in [5.74, 6) is -0.380. The van der Waals surface area contributed by atoms with Gasteiger partial charge in [0.05, 0.1) is 6.04 Å². The molecule has 5 nitrogen and oxygen atoms in total. The molecule has 0 heterocycles. The van der Waals surface area contributed by atoms with Crippen molar-refractivity contribution < 1.29 is 19.1 Å². The molecular weight excluding hydrogens is 318 g/mol. The number of hydrogen-bond acceptors (Lipinski definition) is 4. The van der Waals surface area contributed by atoms with Gasteiger partial charge in [-0.3, -0.25) is 4.79 Å². The lowest BCUT2D eigenvalue weighted by Crippen LogP contribution is -2.43. The summed E-state index contributed by atoms with van der Waals surface area (Å²) in [6, 6.07) is 13.8. The molecule has 0 aromatic heterocycles. The van der Waals surface area contributed by atoms with Gasteiger partial charge in [-0.25, -0.2) is 4.79 Å². The lowest BCUT2D eigenvalue weighted by Gasteiger charge is -2.23. The molecule has 134 valence electrons. The normalized spacial score (nSPS) is 12.5. The maximum atomic E-state index is 12.0. The van der Waals surface area contributed by atoms with E-state index in [4.69, 9.17) is 9.47 Å². The Kier molecular flexibility index (Phi) is 6.02. The number of carbonyl (C=O) groups excluding carboxylic acids is 2. The predicted molar refractivity (Wildman–Crippen MR) is 97.4 cm³/mol. The Labute approximate surface area is 148 Å². The van der Waals surface area contributed by atoms with E-state index in [0.29, 0.717) is 6.42 Å². The fourth-order valence-corrected chi connectivity index (χ4v) is 2.49. The van der Waals surface area contributed by atoms with Gasteiger partial charge in [0.15, 0.2) is 0 Å². The van der Waals surface area contributed by atoms with Gasteiger partial charge in [0, 0.05) is 6.92 Å². The molecule has 0 saturated heterocycles. The highest BCUT2D eigenvalue weighted by molar-refractivity contribution is 5.83. The molecule has 0 fully saturated rings. The van der Waals surface area contributed by atoms with Crippen LogP contribution in [0.3, 0.4) is 0 Å². The van der Waals surface area contributed by atoms with Crippen molar-refractivity contribution in [2.24, 2.45) is 0 Å². The number of nitrogens with one attached hydrogen (secondary N) is 1. The van der Waals surface area contributed by atoms with Crippen LogP contribution in [0.4, 0.5) is 4.79 Å². The van der Waals surface area contributed by atoms with Gasteiger partial charge in [0.2, 0.25) is 0 Å². The smallest absolute Gasteiger partial charge is 0.408 e. The summed E-state index contributed by atoms with van der Waals surface area (Å²) in [5.41, 5.74) is 0.464. The monoisotopic (exact) mass is 343 g/mol. The fraction of sp³-hybridized carbons (Fsp3) is 0.400. The highest BCUT2D eigenvalue weighted by atomic mass is 16.6. The van der Waals surface area contributed by atoms with E-state index in [-0.39, 0.29) is 18.6 Å². The number of alkyl carbamates (subject to hydrolysis) is 1. The molecular formula is C20H25NO4. The van der Waals surface area contributed by atoms with Gasteiger partial charge in [-0.2, -0.15) is 0 Å². The van der Waals surface area contributed by atoms with Gasteiger partial charge in [-0.15, -0.1) is 0 Å². The van der Waals surface area contributed by atoms with Crippen molar-refractivity contribution in [1.29, 1.82) is 0 Å². The van der Waals surface area contributed by atoms with Crippen molar-refractivity contribution in [3.63, 3.8) is 0 Å². The summed E-state index contributed by atoms with van der Waals surface area (Å²) in [6.07, 6.45) is 0.0163. The zero-order valence-electron chi connectivity index (χ0n) is 15.2. The Morgan fingerprint density at radius 3 is 2.40 bits per heavy atom. The van der Waals surface area contributed by atoms with Crippen molar-refractivity contribution in [3.8, 4) is 0 Å². The molecule has 2 aromatic carbocycles. The molecule has 0 saturated carbocycles. The molecule has 1 atom stereocenters. The van der Waals surface area contributed by atoms with E-state index in [0.717, 1.165) is 16.3 Å². The van der Waals surface area contributed by atoms with Gasteiger partial charge < -0.3 is 14.8 Å². The summed E-state index contributed by atoms with van der Waals surface area (Å²) in [6.45, 7) is 6.85. The average Bonchev–Trinajstić information content (AvgIpc) is 2.50. The van der Waals surface area contributed by atoms with E-state index in [1.807, 2.05) is 30.3 Å². The molecule has 0 radical (unpaired) electrons. The minimum atomic E-state index is -0.584. The molecule has 0 spiro atoms. The maximum absolute atomic E-state index is 12.0. The van der Waals surface area contributed by atoms with Crippen molar-refractivity contribution in [3.05, 3.63) is 48.0 Å². The van der Waals surface area contributed by atoms with Gasteiger partial charge in [-0.1, -0.05) is 42.5 Å². The lowest BCUT2D eigenvalue weighted by molar-refractivity contribution is -0.141. The van der Waals surface area contributed by atoms with E-state index < -0.39 is 11.7 Å². The second-order valence-corrected chi connectivity index (χ2v) is 7.03. The third-order valence-corrected chi connectivity index (χ3v) is 3.50. The van der Waals surface area contributed by atoms with Gasteiger partial charge >= 0.3 is 12.1 Å². The van der Waals surface area contributed by atoms with Gasteiger partial charge in [0.1, 0.15) is 12.2 Å². The average molecular weight is 343 g/mol. The van der Waals surface area contributed by atoms with Crippen LogP contribution in [0.5, 0.6) is 0 Å². The molecule has 2 aromatic rings. The number of carbonyl (C=O) groups is 2. The quantitative estimate of drug-likeness (QED) is 0.838. The first-order chi connectivity index (χ1) is 11.7. The number of esters is 1. The second-order valence-electron chi connectivity index (χ2n) is 7.03. The highest BCUT2D eigenvalue weighted by Gasteiger charge is 2.20. The molecule has 25 heavy (non-hydrogen) atoms. The van der Waals surface area contributed by atoms with Crippen LogP contribution >= 0.6 is 0 Å². The van der Waals surface area contributed by atoms with Crippen LogP contribution < -0.4 is 5.32 Å². The number of fused-ring (bicyclic) bond motifs is 1. The van der Waals surface area contributed by atoms with E-state index >= 15 is 0 Å². The second kappa shape index (κ2) is 8.01. The third-order valence-electron chi connectivity index (χ3n) is 3.50. The van der Waals surface area contributed by atoms with Gasteiger partial charge in [0.25, 0.3) is 0 Å². The number of rotatable bonds is 5. The lowest BCUT2D eigenvalue weighted by atomic mass is 10.0. The molecule has 1 N–H and O–H groups in total. The number of ether oxygens (including phenoxy) is 2. The van der Waals surface area contributed by atoms with Crippen LogP contribution in [0.2, 0.25) is 0 Å². The molecule has 5 heteroatoms. The minimum absolute atomic E-state index is 0.0986. The molecule has 0 aliphatic heterocycles. The fourth-order valence-electron chi connectivity index (χ4n) is 2.49. The number of amides is 1. The Morgan fingerprint density at radius 2 is 1.76 bits per heavy atom. The van der Waals surface area contributed by atoms with E-state index in [2.05, 4.69) is 17.4 Å². The van der Waals surface area contributed by atoms with Crippen LogP contribution in [0.25, 0.3) is 10.8 Å². The van der Waals surface area contributed by atoms with E-state index in [1.54, 1.807) is 20.8 Å². The first-order valence-electron chi connectivity index (χ1n) is 8.33. The third kappa shape index (κ3) is 6.45. The zero-order valence-corrected chi connectivity index (χ0v) is 15.2. The topological polar surface area (TPSA) is 64.6 Å². The zero-order chi connectivity index (χ0) is 18.4. The summed E-state index contributed by atoms with van der Waals surface area (Å²) >= 11 is 0. The summed E-state index contributed by atoms with van der Waals surface area (Å²) < 4.78 is 10.4. The van der Waals surface area contributed by atoms with E-state index in [1.165, 1.54) is 6.92 Å². The first-order valence-corrected chi connectivity index (χ1v) is 8.33. The Morgan fingerprint density at radius 1 is 1.08 bits per heavy atom. The number of hydrogen-bond donors (Lipinski definition) is 1. The van der Waals surface area contributed by atoms with Crippen molar-refractivity contribution in [2.75, 3.05) is 6.61 Å². The van der Waals surface area contributed by atoms with Crippen LogP contribution in [0.1, 0.15) is 33.3 Å². The number of benzene rings is 2. The predicted octanol–water partition coefficient (Wildman–Crippen LogP) is 3.84. The Bertz CT molecular complexity index is 749. The molecule has 0 aliphatic rings. The summed E-state index contributed by atoms with van der Waals surface area (Å²) in [4.78, 5) is 23.2. The van der Waals surface area contributed by atoms with Crippen molar-refractivity contribution in [2.45, 2.75) is 45.8 Å². The minimum Gasteiger partial charge on any atom is -0.464 e. The van der Waals surface area contributed by atoms with Crippen molar-refractivity contribution in [1.82, 2.24) is 5.32 Å². The van der Waals surface area contributed by atoms with E-state index in [9.17, 15) is 9.59 Å². The summed E-state index contributed by atoms with van der Waals surface area (Å²) in [5, 5.41) is 5.07. The molecule has 0 aliphatic carbocycles. The van der Waals surface area contributed by atoms with Crippen LogP contribution in [-0.2, 0) is 20.7 Å². The molecule has 2 rings (SSSR count). The van der Waals surface area contributed by atoms with Crippen LogP contribution in [-0.4, -0.2) is 30.3 Å². The van der Waals surface area contributed by atoms with Crippen molar-refractivity contribution >= 4 is 22.8 Å². The Balaban J connectivity index is 2.10. The SMILES string of the molecule is CC(=O)OC[C@@H](Cc1ccc2ccccc2c1)NC(=O)OC(C)(C)C. The summed E-state index contributed by atoms with van der Waals surface area (Å²) in [7, 11) is 0. The first kappa shape index (κ1) is 18.8. The van der Waals surface area contributed by atoms with Crippen LogP contribution in [0, 0.1) is 0 Å².